The number of rotatable bonds is 8. The number of aromatic hydroxyl groups is 1. The molecule has 1 atom stereocenters. The number of benzene rings is 2. The van der Waals surface area contributed by atoms with E-state index < -0.39 is 5.97 Å². The summed E-state index contributed by atoms with van der Waals surface area (Å²) in [5.74, 6) is 0.885. The van der Waals surface area contributed by atoms with Gasteiger partial charge in [0.1, 0.15) is 23.2 Å². The molecule has 6 heteroatoms. The van der Waals surface area contributed by atoms with Crippen LogP contribution in [0.25, 0.3) is 0 Å². The van der Waals surface area contributed by atoms with Gasteiger partial charge in [-0.25, -0.2) is 4.79 Å². The molecule has 1 aliphatic rings. The van der Waals surface area contributed by atoms with Crippen LogP contribution < -0.4 is 4.74 Å². The largest absolute Gasteiger partial charge is 0.505 e. The number of carbonyl (C=O) groups is 1. The lowest BCUT2D eigenvalue weighted by Crippen LogP contribution is -2.20. The van der Waals surface area contributed by atoms with Crippen molar-refractivity contribution in [1.82, 2.24) is 4.98 Å². The van der Waals surface area contributed by atoms with Gasteiger partial charge < -0.3 is 19.3 Å². The third kappa shape index (κ3) is 5.52. The van der Waals surface area contributed by atoms with Gasteiger partial charge in [0, 0.05) is 18.5 Å². The summed E-state index contributed by atoms with van der Waals surface area (Å²) in [7, 11) is 0. The third-order valence-corrected chi connectivity index (χ3v) is 5.69. The molecular weight excluding hydrogens is 418 g/mol. The predicted octanol–water partition coefficient (Wildman–Crippen LogP) is 5.38. The van der Waals surface area contributed by atoms with Crippen molar-refractivity contribution in [3.63, 3.8) is 0 Å². The lowest BCUT2D eigenvalue weighted by molar-refractivity contribution is 0.0266. The van der Waals surface area contributed by atoms with E-state index in [9.17, 15) is 9.90 Å². The molecule has 0 spiro atoms. The molecule has 6 nitrogen and oxygen atoms in total. The number of pyridine rings is 1. The molecule has 2 heterocycles. The summed E-state index contributed by atoms with van der Waals surface area (Å²) in [6, 6.07) is 17.4. The summed E-state index contributed by atoms with van der Waals surface area (Å²) in [5, 5.41) is 10.8. The summed E-state index contributed by atoms with van der Waals surface area (Å²) in [4.78, 5) is 17.7. The second kappa shape index (κ2) is 10.5. The number of nitrogens with zero attached hydrogens (tertiary/aromatic N) is 1. The molecule has 1 aliphatic heterocycles. The smallest absolute Gasteiger partial charge is 0.342 e. The third-order valence-electron chi connectivity index (χ3n) is 5.69. The zero-order valence-corrected chi connectivity index (χ0v) is 19.0. The highest BCUT2D eigenvalue weighted by atomic mass is 16.6. The molecule has 0 bridgehead atoms. The SMILES string of the molecule is CCCc1nc(Cc2cccc(Oc3ccccc3)c2)c(C)c(C(=O)OC2CCOC2)c1O. The number of ether oxygens (including phenoxy) is 3. The molecule has 1 aromatic heterocycles. The number of para-hydroxylation sites is 1. The highest BCUT2D eigenvalue weighted by molar-refractivity contribution is 5.94. The molecule has 1 unspecified atom stereocenters. The van der Waals surface area contributed by atoms with Crippen molar-refractivity contribution >= 4 is 5.97 Å². The normalized spacial score (nSPS) is 15.4. The van der Waals surface area contributed by atoms with Crippen molar-refractivity contribution in [2.75, 3.05) is 13.2 Å². The van der Waals surface area contributed by atoms with E-state index in [0.717, 1.165) is 29.2 Å². The average Bonchev–Trinajstić information content (AvgIpc) is 3.31. The van der Waals surface area contributed by atoms with Crippen LogP contribution in [0.15, 0.2) is 54.6 Å². The van der Waals surface area contributed by atoms with Gasteiger partial charge in [0.05, 0.1) is 18.9 Å². The van der Waals surface area contributed by atoms with E-state index in [1.54, 1.807) is 0 Å². The van der Waals surface area contributed by atoms with E-state index in [-0.39, 0.29) is 17.4 Å². The Kier molecular flexibility index (Phi) is 7.25. The minimum Gasteiger partial charge on any atom is -0.505 e. The lowest BCUT2D eigenvalue weighted by Gasteiger charge is -2.17. The minimum atomic E-state index is -0.525. The van der Waals surface area contributed by atoms with E-state index in [1.807, 2.05) is 68.4 Å². The van der Waals surface area contributed by atoms with Crippen LogP contribution in [0.1, 0.15) is 52.6 Å². The maximum atomic E-state index is 13.0. The number of hydrogen-bond donors (Lipinski definition) is 1. The van der Waals surface area contributed by atoms with Gasteiger partial charge >= 0.3 is 5.97 Å². The van der Waals surface area contributed by atoms with Gasteiger partial charge in [0.2, 0.25) is 0 Å². The number of esters is 1. The van der Waals surface area contributed by atoms with Crippen molar-refractivity contribution in [2.45, 2.75) is 45.6 Å². The molecule has 0 saturated carbocycles. The van der Waals surface area contributed by atoms with Crippen LogP contribution in [0.4, 0.5) is 0 Å². The Morgan fingerprint density at radius 3 is 2.64 bits per heavy atom. The first-order valence-corrected chi connectivity index (χ1v) is 11.4. The molecular formula is C27H29NO5. The van der Waals surface area contributed by atoms with Crippen LogP contribution in [0, 0.1) is 6.92 Å². The van der Waals surface area contributed by atoms with Gasteiger partial charge in [-0.1, -0.05) is 43.7 Å². The Bertz CT molecular complexity index is 1110. The Morgan fingerprint density at radius 1 is 1.12 bits per heavy atom. The first-order valence-electron chi connectivity index (χ1n) is 11.4. The van der Waals surface area contributed by atoms with E-state index in [1.165, 1.54) is 0 Å². The quantitative estimate of drug-likeness (QED) is 0.467. The molecule has 1 N–H and O–H groups in total. The zero-order chi connectivity index (χ0) is 23.2. The van der Waals surface area contributed by atoms with Crippen LogP contribution in [-0.2, 0) is 22.3 Å². The standard InChI is InChI=1S/C27H29NO5/c1-3-8-23-26(29)25(27(30)33-22-13-14-31-17-22)18(2)24(28-23)16-19-9-7-12-21(15-19)32-20-10-5-4-6-11-20/h4-7,9-12,15,22,29H,3,8,13-14,16-17H2,1-2H3. The van der Waals surface area contributed by atoms with Crippen molar-refractivity contribution < 1.29 is 24.1 Å². The maximum absolute atomic E-state index is 13.0. The van der Waals surface area contributed by atoms with Crippen LogP contribution in [0.5, 0.6) is 17.2 Å². The Hall–Kier alpha value is -3.38. The molecule has 0 amide bonds. The fraction of sp³-hybridized carbons (Fsp3) is 0.333. The molecule has 3 aromatic rings. The first kappa shape index (κ1) is 22.8. The Balaban J connectivity index is 1.62. The monoisotopic (exact) mass is 447 g/mol. The van der Waals surface area contributed by atoms with Gasteiger partial charge in [0.15, 0.2) is 5.75 Å². The molecule has 33 heavy (non-hydrogen) atoms. The van der Waals surface area contributed by atoms with Crippen LogP contribution in [0.3, 0.4) is 0 Å². The second-order valence-electron chi connectivity index (χ2n) is 8.23. The van der Waals surface area contributed by atoms with Gasteiger partial charge in [-0.2, -0.15) is 0 Å². The number of carbonyl (C=O) groups excluding carboxylic acids is 1. The Morgan fingerprint density at radius 2 is 1.91 bits per heavy atom. The van der Waals surface area contributed by atoms with Gasteiger partial charge in [-0.15, -0.1) is 0 Å². The summed E-state index contributed by atoms with van der Waals surface area (Å²) < 4.78 is 16.9. The molecule has 1 fully saturated rings. The molecule has 0 aliphatic carbocycles. The summed E-state index contributed by atoms with van der Waals surface area (Å²) in [6.07, 6.45) is 2.26. The number of aromatic nitrogens is 1. The summed E-state index contributed by atoms with van der Waals surface area (Å²) in [6.45, 7) is 4.79. The fourth-order valence-electron chi connectivity index (χ4n) is 3.95. The Labute approximate surface area is 194 Å². The molecule has 2 aromatic carbocycles. The first-order chi connectivity index (χ1) is 16.0. The average molecular weight is 448 g/mol. The van der Waals surface area contributed by atoms with Crippen LogP contribution >= 0.6 is 0 Å². The molecule has 4 rings (SSSR count). The van der Waals surface area contributed by atoms with E-state index in [2.05, 4.69) is 0 Å². The van der Waals surface area contributed by atoms with Crippen molar-refractivity contribution in [1.29, 1.82) is 0 Å². The van der Waals surface area contributed by atoms with Gasteiger partial charge in [-0.05, 0) is 48.7 Å². The van der Waals surface area contributed by atoms with E-state index in [4.69, 9.17) is 19.2 Å². The minimum absolute atomic E-state index is 0.0804. The fourth-order valence-corrected chi connectivity index (χ4v) is 3.95. The highest BCUT2D eigenvalue weighted by Crippen LogP contribution is 2.31. The predicted molar refractivity (Wildman–Crippen MR) is 125 cm³/mol. The molecule has 1 saturated heterocycles. The lowest BCUT2D eigenvalue weighted by atomic mass is 9.98. The van der Waals surface area contributed by atoms with Crippen molar-refractivity contribution in [3.8, 4) is 17.2 Å². The molecule has 172 valence electrons. The van der Waals surface area contributed by atoms with Crippen molar-refractivity contribution in [3.05, 3.63) is 82.7 Å². The number of hydrogen-bond acceptors (Lipinski definition) is 6. The topological polar surface area (TPSA) is 77.9 Å². The summed E-state index contributed by atoms with van der Waals surface area (Å²) in [5.41, 5.74) is 3.08. The number of aryl methyl sites for hydroxylation is 1. The second-order valence-corrected chi connectivity index (χ2v) is 8.23. The zero-order valence-electron chi connectivity index (χ0n) is 19.0. The van der Waals surface area contributed by atoms with Crippen LogP contribution in [-0.4, -0.2) is 35.4 Å². The molecule has 0 radical (unpaired) electrons. The van der Waals surface area contributed by atoms with E-state index in [0.29, 0.717) is 43.7 Å². The van der Waals surface area contributed by atoms with Crippen LogP contribution in [0.2, 0.25) is 0 Å². The highest BCUT2D eigenvalue weighted by Gasteiger charge is 2.27. The maximum Gasteiger partial charge on any atom is 0.342 e. The van der Waals surface area contributed by atoms with E-state index >= 15 is 0 Å². The van der Waals surface area contributed by atoms with Crippen molar-refractivity contribution in [2.24, 2.45) is 0 Å². The van der Waals surface area contributed by atoms with Gasteiger partial charge in [-0.3, -0.25) is 4.98 Å². The summed E-state index contributed by atoms with van der Waals surface area (Å²) >= 11 is 0. The van der Waals surface area contributed by atoms with Gasteiger partial charge in [0.25, 0.3) is 0 Å².